The van der Waals surface area contributed by atoms with Crippen LogP contribution in [0.3, 0.4) is 0 Å². The Bertz CT molecular complexity index is 1180. The zero-order valence-corrected chi connectivity index (χ0v) is 17.5. The van der Waals surface area contributed by atoms with E-state index in [0.29, 0.717) is 34.7 Å². The van der Waals surface area contributed by atoms with Crippen LogP contribution in [-0.2, 0) is 21.6 Å². The molecule has 10 heteroatoms. The van der Waals surface area contributed by atoms with Gasteiger partial charge in [0, 0.05) is 25.9 Å². The summed E-state index contributed by atoms with van der Waals surface area (Å²) in [4.78, 5) is 32.2. The van der Waals surface area contributed by atoms with E-state index in [-0.39, 0.29) is 23.4 Å². The van der Waals surface area contributed by atoms with Gasteiger partial charge in [-0.1, -0.05) is 17.7 Å². The Balaban J connectivity index is 1.55. The second-order valence-electron chi connectivity index (χ2n) is 7.41. The summed E-state index contributed by atoms with van der Waals surface area (Å²) >= 11 is 6.40. The molecule has 3 aromatic rings. The van der Waals surface area contributed by atoms with Gasteiger partial charge in [-0.25, -0.2) is 0 Å². The van der Waals surface area contributed by atoms with Crippen molar-refractivity contribution in [2.24, 2.45) is 0 Å². The fourth-order valence-corrected chi connectivity index (χ4v) is 4.45. The minimum Gasteiger partial charge on any atom is -0.495 e. The molecule has 2 aliphatic heterocycles. The van der Waals surface area contributed by atoms with Crippen LogP contribution >= 0.6 is 11.6 Å². The molecule has 0 spiro atoms. The number of amides is 2. The summed E-state index contributed by atoms with van der Waals surface area (Å²) in [6, 6.07) is 8.74. The van der Waals surface area contributed by atoms with Crippen molar-refractivity contribution >= 4 is 34.5 Å². The van der Waals surface area contributed by atoms with Gasteiger partial charge in [-0.05, 0) is 23.8 Å². The van der Waals surface area contributed by atoms with E-state index < -0.39 is 11.9 Å². The van der Waals surface area contributed by atoms with E-state index in [1.54, 1.807) is 41.4 Å². The molecule has 1 saturated heterocycles. The summed E-state index contributed by atoms with van der Waals surface area (Å²) in [5.74, 6) is 0.101. The fourth-order valence-electron chi connectivity index (χ4n) is 4.11. The number of pyridine rings is 1. The van der Waals surface area contributed by atoms with Gasteiger partial charge < -0.3 is 24.1 Å². The molecular formula is C21H19ClN4O5. The maximum atomic E-state index is 13.2. The lowest BCUT2D eigenvalue weighted by Crippen LogP contribution is -2.53. The molecule has 0 radical (unpaired) electrons. The van der Waals surface area contributed by atoms with Crippen LogP contribution in [0, 0.1) is 0 Å². The van der Waals surface area contributed by atoms with Gasteiger partial charge in [0.25, 0.3) is 11.8 Å². The second-order valence-corrected chi connectivity index (χ2v) is 7.79. The van der Waals surface area contributed by atoms with Gasteiger partial charge >= 0.3 is 0 Å². The molecule has 160 valence electrons. The molecule has 1 fully saturated rings. The predicted molar refractivity (Wildman–Crippen MR) is 111 cm³/mol. The number of nitrogens with one attached hydrogen (secondary N) is 2. The number of halogens is 1. The zero-order chi connectivity index (χ0) is 21.8. The summed E-state index contributed by atoms with van der Waals surface area (Å²) in [5, 5.41) is 6.13. The molecule has 2 atom stereocenters. The van der Waals surface area contributed by atoms with Crippen LogP contribution in [0.1, 0.15) is 21.7 Å². The van der Waals surface area contributed by atoms with Crippen molar-refractivity contribution < 1.29 is 23.5 Å². The van der Waals surface area contributed by atoms with Crippen molar-refractivity contribution in [2.45, 2.75) is 18.4 Å². The molecular weight excluding hydrogens is 424 g/mol. The quantitative estimate of drug-likeness (QED) is 0.622. The lowest BCUT2D eigenvalue weighted by atomic mass is 9.95. The topological polar surface area (TPSA) is 106 Å². The molecule has 2 aromatic heterocycles. The van der Waals surface area contributed by atoms with Crippen molar-refractivity contribution in [1.82, 2.24) is 20.5 Å². The van der Waals surface area contributed by atoms with Crippen LogP contribution in [0.5, 0.6) is 5.75 Å². The number of aromatic nitrogens is 1. The van der Waals surface area contributed by atoms with Crippen LogP contribution in [-0.4, -0.2) is 48.8 Å². The minimum absolute atomic E-state index is 0.00464. The molecule has 1 aromatic carbocycles. The second kappa shape index (κ2) is 7.23. The average Bonchev–Trinajstić information content (AvgIpc) is 3.43. The summed E-state index contributed by atoms with van der Waals surface area (Å²) in [6.45, 7) is 0.301. The Labute approximate surface area is 182 Å². The number of hydrogen-bond donors (Lipinski definition) is 2. The molecule has 2 N–H and O–H groups in total. The Morgan fingerprint density at radius 3 is 2.87 bits per heavy atom. The summed E-state index contributed by atoms with van der Waals surface area (Å²) in [7, 11) is 2.96. The lowest BCUT2D eigenvalue weighted by Gasteiger charge is -2.29. The fraction of sp³-hybridized carbons (Fsp3) is 0.286. The standard InChI is InChI=1S/C21H19ClN4O5/c1-29-14-6-5-11-9-26(18(27)16(11)17(14)22)10-21(19(28)24-20(25-21)30-2)15-8-12-13(31-15)4-3-7-23-12/h3-8,20,25H,9-10H2,1-2H3,(H,24,28). The summed E-state index contributed by atoms with van der Waals surface area (Å²) in [6.07, 6.45) is 0.905. The van der Waals surface area contributed by atoms with Crippen molar-refractivity contribution in [3.05, 3.63) is 58.4 Å². The highest BCUT2D eigenvalue weighted by molar-refractivity contribution is 6.35. The van der Waals surface area contributed by atoms with Gasteiger partial charge in [0.2, 0.25) is 0 Å². The predicted octanol–water partition coefficient (Wildman–Crippen LogP) is 1.99. The highest BCUT2D eigenvalue weighted by atomic mass is 35.5. The van der Waals surface area contributed by atoms with E-state index in [1.807, 2.05) is 0 Å². The number of nitrogens with zero attached hydrogens (tertiary/aromatic N) is 2. The number of carbonyl (C=O) groups is 2. The van der Waals surface area contributed by atoms with Crippen LogP contribution < -0.4 is 15.4 Å². The molecule has 0 aliphatic carbocycles. The molecule has 0 bridgehead atoms. The van der Waals surface area contributed by atoms with Crippen LogP contribution in [0.25, 0.3) is 11.1 Å². The highest BCUT2D eigenvalue weighted by Crippen LogP contribution is 2.38. The number of ether oxygens (including phenoxy) is 2. The normalized spacial score (nSPS) is 22.8. The Morgan fingerprint density at radius 2 is 2.16 bits per heavy atom. The van der Waals surface area contributed by atoms with Crippen molar-refractivity contribution in [2.75, 3.05) is 20.8 Å². The minimum atomic E-state index is -1.37. The number of rotatable bonds is 5. The zero-order valence-electron chi connectivity index (χ0n) is 16.8. The SMILES string of the molecule is COc1ccc2c(c1Cl)C(=O)N(CC1(c3cc4ncccc4o3)NC(OC)NC1=O)C2. The van der Waals surface area contributed by atoms with Gasteiger partial charge in [0.05, 0.1) is 24.2 Å². The third-order valence-corrected chi connectivity index (χ3v) is 6.05. The van der Waals surface area contributed by atoms with E-state index in [2.05, 4.69) is 15.6 Å². The van der Waals surface area contributed by atoms with Crippen molar-refractivity contribution in [1.29, 1.82) is 0 Å². The first-order valence-corrected chi connectivity index (χ1v) is 9.96. The maximum absolute atomic E-state index is 13.2. The van der Waals surface area contributed by atoms with Crippen LogP contribution in [0.15, 0.2) is 40.9 Å². The Hall–Kier alpha value is -3.14. The number of furan rings is 1. The third kappa shape index (κ3) is 2.96. The van der Waals surface area contributed by atoms with E-state index in [1.165, 1.54) is 14.2 Å². The largest absolute Gasteiger partial charge is 0.495 e. The first-order chi connectivity index (χ1) is 15.0. The summed E-state index contributed by atoms with van der Waals surface area (Å²) < 4.78 is 16.5. The smallest absolute Gasteiger partial charge is 0.256 e. The van der Waals surface area contributed by atoms with Gasteiger partial charge in [-0.2, -0.15) is 0 Å². The highest BCUT2D eigenvalue weighted by Gasteiger charge is 2.53. The number of benzene rings is 1. The van der Waals surface area contributed by atoms with Crippen molar-refractivity contribution in [3.63, 3.8) is 0 Å². The molecule has 0 saturated carbocycles. The monoisotopic (exact) mass is 442 g/mol. The maximum Gasteiger partial charge on any atom is 0.256 e. The Kier molecular flexibility index (Phi) is 4.62. The Morgan fingerprint density at radius 1 is 1.32 bits per heavy atom. The number of methoxy groups -OCH3 is 2. The molecule has 2 amide bonds. The van der Waals surface area contributed by atoms with Crippen LogP contribution in [0.2, 0.25) is 5.02 Å². The first kappa shape index (κ1) is 19.8. The molecule has 9 nitrogen and oxygen atoms in total. The van der Waals surface area contributed by atoms with Gasteiger partial charge in [0.15, 0.2) is 17.5 Å². The van der Waals surface area contributed by atoms with E-state index in [9.17, 15) is 9.59 Å². The molecule has 2 unspecified atom stereocenters. The van der Waals surface area contributed by atoms with E-state index in [4.69, 9.17) is 25.5 Å². The molecule has 31 heavy (non-hydrogen) atoms. The number of carbonyl (C=O) groups excluding carboxylic acids is 2. The molecule has 2 aliphatic rings. The first-order valence-electron chi connectivity index (χ1n) is 9.58. The average molecular weight is 443 g/mol. The van der Waals surface area contributed by atoms with E-state index >= 15 is 0 Å². The van der Waals surface area contributed by atoms with Gasteiger partial charge in [-0.15, -0.1) is 0 Å². The van der Waals surface area contributed by atoms with Gasteiger partial charge in [0.1, 0.15) is 17.0 Å². The molecule has 4 heterocycles. The van der Waals surface area contributed by atoms with Crippen molar-refractivity contribution in [3.8, 4) is 5.75 Å². The van der Waals surface area contributed by atoms with E-state index in [0.717, 1.165) is 5.56 Å². The lowest BCUT2D eigenvalue weighted by molar-refractivity contribution is -0.125. The third-order valence-electron chi connectivity index (χ3n) is 5.67. The molecule has 5 rings (SSSR count). The summed E-state index contributed by atoms with van der Waals surface area (Å²) in [5.41, 5.74) is 0.922. The number of fused-ring (bicyclic) bond motifs is 2. The number of hydrogen-bond acceptors (Lipinski definition) is 7. The van der Waals surface area contributed by atoms with Crippen LogP contribution in [0.4, 0.5) is 0 Å². The van der Waals surface area contributed by atoms with Gasteiger partial charge in [-0.3, -0.25) is 19.9 Å².